The third-order valence-corrected chi connectivity index (χ3v) is 13.1. The molecule has 2 radical (unpaired) electrons. The van der Waals surface area contributed by atoms with Gasteiger partial charge in [-0.1, -0.05) is 127 Å². The molecule has 0 N–H and O–H groups in total. The number of aryl methyl sites for hydroxylation is 2. The monoisotopic (exact) mass is 822 g/mol. The fourth-order valence-corrected chi connectivity index (χ4v) is 8.85. The average Bonchev–Trinajstić information content (AvgIpc) is 3.82. The Kier molecular flexibility index (Phi) is 17.3. The third kappa shape index (κ3) is 8.73. The summed E-state index contributed by atoms with van der Waals surface area (Å²) in [6, 6.07) is 30.8. The van der Waals surface area contributed by atoms with E-state index < -0.39 is 0 Å². The second-order valence-corrected chi connectivity index (χ2v) is 15.9. The molecule has 5 aliphatic carbocycles. The van der Waals surface area contributed by atoms with Gasteiger partial charge in [-0.2, -0.15) is 89.0 Å². The van der Waals surface area contributed by atoms with Crippen LogP contribution in [-0.4, -0.2) is 6.88 Å². The van der Waals surface area contributed by atoms with Gasteiger partial charge in [-0.25, -0.2) is 18.1 Å². The summed E-state index contributed by atoms with van der Waals surface area (Å²) in [6.07, 6.45) is 18.5. The predicted octanol–water partition coefficient (Wildman–Crippen LogP) is 13.3. The Morgan fingerprint density at radius 3 is 1.79 bits per heavy atom. The molecule has 2 atom stereocenters. The van der Waals surface area contributed by atoms with Crippen LogP contribution >= 0.6 is 24.8 Å². The van der Waals surface area contributed by atoms with E-state index in [1.54, 1.807) is 28.2 Å². The quantitative estimate of drug-likeness (QED) is 0.156. The first-order valence-electron chi connectivity index (χ1n) is 18.2. The van der Waals surface area contributed by atoms with Crippen LogP contribution in [0.3, 0.4) is 0 Å². The number of hydrogen-bond acceptors (Lipinski definition) is 0. The Bertz CT molecular complexity index is 1710. The zero-order valence-corrected chi connectivity index (χ0v) is 38.1. The van der Waals surface area contributed by atoms with Gasteiger partial charge in [-0.05, 0) is 40.6 Å². The van der Waals surface area contributed by atoms with Crippen LogP contribution in [0.4, 0.5) is 0 Å². The number of hydrogen-bond donors (Lipinski definition) is 0. The Labute approximate surface area is 346 Å². The zero-order valence-electron chi connectivity index (χ0n) is 33.0. The van der Waals surface area contributed by atoms with Gasteiger partial charge in [0.2, 0.25) is 0 Å². The van der Waals surface area contributed by atoms with E-state index in [1.807, 2.05) is 60.7 Å². The first-order chi connectivity index (χ1) is 23.8. The fraction of sp³-hybridized carbons (Fsp3) is 0.396. The van der Waals surface area contributed by atoms with Gasteiger partial charge in [-0.3, -0.25) is 6.08 Å². The van der Waals surface area contributed by atoms with Crippen molar-refractivity contribution in [3.8, 4) is 0 Å². The van der Waals surface area contributed by atoms with Crippen molar-refractivity contribution in [3.05, 3.63) is 166 Å². The van der Waals surface area contributed by atoms with Gasteiger partial charge in [0, 0.05) is 0 Å². The van der Waals surface area contributed by atoms with Gasteiger partial charge < -0.3 is 0 Å². The summed E-state index contributed by atoms with van der Waals surface area (Å²) in [5.41, 5.74) is 12.9. The molecule has 3 aromatic carbocycles. The zero-order chi connectivity index (χ0) is 36.7. The standard InChI is InChI=1S/C29H37.2C7H7.C5H5.2ClH.Si.Zr/c1-18-25-22-17-19-13-9-10-14-20(19)24(22)21-15-11-12-16-23(21)29(25,8)28(6,7)27(4,5)26(18,2)3;2*1-7-5-3-2-4-6-7;1-2-4-5-3-1;;;;/h9-11,13-15,23H,12,16-17H2,1-8H3;2*3-6H,1H3;1-3H,4H2;2*1H;;/q4*-1;;;;. The Morgan fingerprint density at radius 2 is 1.33 bits per heavy atom. The molecule has 1 saturated carbocycles. The summed E-state index contributed by atoms with van der Waals surface area (Å²) in [5.74, 6) is 2.24. The number of fused-ring (bicyclic) bond motifs is 6. The van der Waals surface area contributed by atoms with Crippen LogP contribution < -0.4 is 0 Å². The number of rotatable bonds is 0. The predicted molar refractivity (Wildman–Crippen MR) is 226 cm³/mol. The van der Waals surface area contributed by atoms with E-state index in [-0.39, 0.29) is 46.5 Å². The van der Waals surface area contributed by atoms with Gasteiger partial charge in [0.05, 0.1) is 0 Å². The van der Waals surface area contributed by atoms with E-state index in [4.69, 9.17) is 0 Å². The summed E-state index contributed by atoms with van der Waals surface area (Å²) < 4.78 is 0. The molecule has 0 spiro atoms. The van der Waals surface area contributed by atoms with Crippen LogP contribution in [0.15, 0.2) is 120 Å². The topological polar surface area (TPSA) is 0 Å². The Hall–Kier alpha value is -2.09. The van der Waals surface area contributed by atoms with Gasteiger partial charge in [0.25, 0.3) is 0 Å². The molecule has 276 valence electrons. The van der Waals surface area contributed by atoms with Crippen molar-refractivity contribution in [2.24, 2.45) is 27.6 Å². The normalized spacial score (nSPS) is 22.6. The van der Waals surface area contributed by atoms with Gasteiger partial charge in [-0.15, -0.1) is 38.2 Å². The maximum atomic E-state index is 3.06. The molecule has 0 heterocycles. The van der Waals surface area contributed by atoms with Crippen molar-refractivity contribution in [3.63, 3.8) is 0 Å². The Balaban J connectivity index is 0.000000331. The van der Waals surface area contributed by atoms with E-state index >= 15 is 0 Å². The molecule has 0 nitrogen and oxygen atoms in total. The summed E-state index contributed by atoms with van der Waals surface area (Å²) in [6.45, 7) is 27.5. The van der Waals surface area contributed by atoms with Crippen LogP contribution in [0.5, 0.6) is 0 Å². The molecule has 0 aromatic heterocycles. The van der Waals surface area contributed by atoms with Gasteiger partial charge in [0.15, 0.2) is 0 Å². The molecule has 0 aliphatic heterocycles. The molecule has 3 aromatic rings. The summed E-state index contributed by atoms with van der Waals surface area (Å²) in [4.78, 5) is 0. The molecular weight excluding hydrogens is 767 g/mol. The molecule has 52 heavy (non-hydrogen) atoms. The van der Waals surface area contributed by atoms with Crippen LogP contribution in [0.2, 0.25) is 0 Å². The van der Waals surface area contributed by atoms with E-state index in [1.165, 1.54) is 58.4 Å². The van der Waals surface area contributed by atoms with Crippen LogP contribution in [-0.2, 0) is 29.8 Å². The summed E-state index contributed by atoms with van der Waals surface area (Å²) in [7, 11) is 0. The average molecular weight is 825 g/mol. The van der Waals surface area contributed by atoms with E-state index in [0.29, 0.717) is 5.92 Å². The second kappa shape index (κ2) is 19.5. The van der Waals surface area contributed by atoms with Crippen molar-refractivity contribution in [1.29, 1.82) is 0 Å². The molecule has 5 aliphatic rings. The molecular formula is C48H58Cl2SiZr-4. The van der Waals surface area contributed by atoms with Gasteiger partial charge in [0.1, 0.15) is 0 Å². The van der Waals surface area contributed by atoms with Crippen molar-refractivity contribution in [1.82, 2.24) is 0 Å². The van der Waals surface area contributed by atoms with Crippen molar-refractivity contribution in [2.45, 2.75) is 94.9 Å². The SMILES string of the molecule is C[C-]1C2=C3Cc4ccccc4C3=C3C=CCCC3C2(C)C(C)(C)C(C)(C)C1(C)C.Cc1cc[c-]cc1.Cc1cc[c-]cc1.Cl.Cl.[C-]1=CC=CC1.[Si]=[Zr]. The molecule has 2 unspecified atom stereocenters. The molecule has 0 saturated heterocycles. The minimum atomic E-state index is 0. The molecule has 1 fully saturated rings. The number of benzene rings is 3. The van der Waals surface area contributed by atoms with E-state index in [9.17, 15) is 0 Å². The molecule has 8 rings (SSSR count). The number of allylic oxidation sites excluding steroid dienone is 10. The first kappa shape index (κ1) is 46.1. The van der Waals surface area contributed by atoms with Crippen molar-refractivity contribution < 1.29 is 23.3 Å². The minimum absolute atomic E-state index is 0. The second-order valence-electron chi connectivity index (χ2n) is 15.9. The third-order valence-electron chi connectivity index (χ3n) is 13.1. The number of halogens is 2. The van der Waals surface area contributed by atoms with Crippen molar-refractivity contribution >= 4 is 37.3 Å². The fourth-order valence-electron chi connectivity index (χ4n) is 8.85. The maximum absolute atomic E-state index is 3.06. The Morgan fingerprint density at radius 1 is 0.769 bits per heavy atom. The molecule has 4 heteroatoms. The van der Waals surface area contributed by atoms with Crippen LogP contribution in [0.1, 0.15) is 96.9 Å². The van der Waals surface area contributed by atoms with Crippen LogP contribution in [0.25, 0.3) is 5.57 Å². The first-order valence-corrected chi connectivity index (χ1v) is 22.3. The molecule has 0 bridgehead atoms. The molecule has 0 amide bonds. The summed E-state index contributed by atoms with van der Waals surface area (Å²) in [5, 5.41) is 0. The van der Waals surface area contributed by atoms with E-state index in [0.717, 1.165) is 12.8 Å². The van der Waals surface area contributed by atoms with Crippen molar-refractivity contribution in [2.75, 3.05) is 0 Å². The van der Waals surface area contributed by atoms with Gasteiger partial charge >= 0.3 is 30.2 Å². The van der Waals surface area contributed by atoms with Crippen LogP contribution in [0, 0.1) is 65.6 Å². The summed E-state index contributed by atoms with van der Waals surface area (Å²) >= 11 is 1.36. The van der Waals surface area contributed by atoms with E-state index in [2.05, 4.69) is 137 Å².